The first kappa shape index (κ1) is 27.0. The summed E-state index contributed by atoms with van der Waals surface area (Å²) in [6.07, 6.45) is 1.43. The van der Waals surface area contributed by atoms with Crippen molar-refractivity contribution in [1.82, 2.24) is 10.2 Å². The number of hydrogen-bond donors (Lipinski definition) is 3. The molecule has 202 valence electrons. The highest BCUT2D eigenvalue weighted by atomic mass is 32.2. The van der Waals surface area contributed by atoms with Crippen molar-refractivity contribution < 1.29 is 23.9 Å². The van der Waals surface area contributed by atoms with Crippen LogP contribution in [0.25, 0.3) is 0 Å². The molecule has 5 rings (SSSR count). The number of carboxylic acids is 1. The van der Waals surface area contributed by atoms with Crippen LogP contribution >= 0.6 is 23.1 Å². The van der Waals surface area contributed by atoms with Crippen LogP contribution in [0.1, 0.15) is 41.1 Å². The van der Waals surface area contributed by atoms with Crippen LogP contribution in [0, 0.1) is 17.1 Å². The summed E-state index contributed by atoms with van der Waals surface area (Å²) < 4.78 is 14.1. The molecule has 2 aromatic carbocycles. The van der Waals surface area contributed by atoms with Gasteiger partial charge in [-0.3, -0.25) is 14.5 Å². The first-order chi connectivity index (χ1) is 19.3. The second-order valence-corrected chi connectivity index (χ2v) is 11.1. The Kier molecular flexibility index (Phi) is 7.63. The first-order valence-corrected chi connectivity index (χ1v) is 13.9. The lowest BCUT2D eigenvalue weighted by Gasteiger charge is -2.38. The Bertz CT molecular complexity index is 1630. The van der Waals surface area contributed by atoms with Gasteiger partial charge in [0.1, 0.15) is 11.6 Å². The lowest BCUT2D eigenvalue weighted by atomic mass is 9.76. The van der Waals surface area contributed by atoms with E-state index >= 15 is 0 Å². The summed E-state index contributed by atoms with van der Waals surface area (Å²) >= 11 is 2.24. The molecule has 0 saturated heterocycles. The highest BCUT2D eigenvalue weighted by Crippen LogP contribution is 2.47. The average Bonchev–Trinajstić information content (AvgIpc) is 3.40. The molecule has 0 saturated carbocycles. The van der Waals surface area contributed by atoms with Crippen LogP contribution in [0.5, 0.6) is 0 Å². The zero-order chi connectivity index (χ0) is 28.4. The number of carbonyl (C=O) groups excluding carboxylic acids is 2. The fraction of sp³-hybridized carbons (Fsp3) is 0.185. The molecule has 40 heavy (non-hydrogen) atoms. The molecule has 0 radical (unpaired) electrons. The number of nitrogens with two attached hydrogens (primary N) is 1. The third-order valence-corrected chi connectivity index (χ3v) is 8.50. The fourth-order valence-electron chi connectivity index (χ4n) is 4.74. The third-order valence-electron chi connectivity index (χ3n) is 6.46. The summed E-state index contributed by atoms with van der Waals surface area (Å²) in [5.74, 6) is -2.79. The number of Topliss-reactive ketones (excluding diaryl/α,β-unsaturated/α-hetero) is 1. The minimum absolute atomic E-state index is 0.0234. The molecule has 1 aromatic heterocycles. The summed E-state index contributed by atoms with van der Waals surface area (Å²) in [6, 6.07) is 13.9. The Morgan fingerprint density at radius 1 is 1.20 bits per heavy atom. The fourth-order valence-corrected chi connectivity index (χ4v) is 6.42. The molecule has 0 fully saturated rings. The quantitative estimate of drug-likeness (QED) is 0.343. The monoisotopic (exact) mass is 576 g/mol. The van der Waals surface area contributed by atoms with Crippen molar-refractivity contribution in [3.63, 3.8) is 0 Å². The van der Waals surface area contributed by atoms with E-state index in [1.54, 1.807) is 29.2 Å². The zero-order valence-corrected chi connectivity index (χ0v) is 22.4. The highest BCUT2D eigenvalue weighted by molar-refractivity contribution is 8.01. The molecule has 2 aliphatic rings. The van der Waals surface area contributed by atoms with Gasteiger partial charge in [-0.1, -0.05) is 47.4 Å². The largest absolute Gasteiger partial charge is 0.478 e. The van der Waals surface area contributed by atoms with Gasteiger partial charge in [-0.2, -0.15) is 5.26 Å². The van der Waals surface area contributed by atoms with Gasteiger partial charge in [0.2, 0.25) is 11.0 Å². The third kappa shape index (κ3) is 5.18. The van der Waals surface area contributed by atoms with Crippen LogP contribution in [0.2, 0.25) is 0 Å². The summed E-state index contributed by atoms with van der Waals surface area (Å²) in [7, 11) is 0. The molecule has 0 bridgehead atoms. The van der Waals surface area contributed by atoms with Gasteiger partial charge in [-0.15, -0.1) is 10.2 Å². The van der Waals surface area contributed by atoms with Crippen molar-refractivity contribution >= 4 is 51.6 Å². The number of nitrogens with zero attached hydrogens (tertiary/aromatic N) is 4. The van der Waals surface area contributed by atoms with Crippen LogP contribution in [0.4, 0.5) is 15.2 Å². The maximum atomic E-state index is 13.6. The van der Waals surface area contributed by atoms with Crippen LogP contribution < -0.4 is 16.0 Å². The second kappa shape index (κ2) is 11.3. The van der Waals surface area contributed by atoms with Gasteiger partial charge >= 0.3 is 5.97 Å². The molecular formula is C27H21FN6O4S2. The number of hydrogen-bond acceptors (Lipinski definition) is 10. The number of halogens is 1. The Balaban J connectivity index is 1.40. The first-order valence-electron chi connectivity index (χ1n) is 12.1. The molecule has 13 heteroatoms. The molecular weight excluding hydrogens is 555 g/mol. The van der Waals surface area contributed by atoms with Crippen LogP contribution in [-0.4, -0.2) is 38.7 Å². The molecule has 2 heterocycles. The number of aromatic nitrogens is 2. The number of benzene rings is 2. The number of aromatic carboxylic acids is 1. The molecule has 1 atom stereocenters. The number of amides is 1. The molecule has 0 spiro atoms. The van der Waals surface area contributed by atoms with Crippen molar-refractivity contribution in [3.05, 3.63) is 88.1 Å². The van der Waals surface area contributed by atoms with E-state index in [0.717, 1.165) is 23.1 Å². The van der Waals surface area contributed by atoms with Crippen LogP contribution in [0.3, 0.4) is 0 Å². The van der Waals surface area contributed by atoms with E-state index in [2.05, 4.69) is 21.6 Å². The molecule has 4 N–H and O–H groups in total. The Morgan fingerprint density at radius 2 is 1.95 bits per heavy atom. The van der Waals surface area contributed by atoms with Gasteiger partial charge in [0.05, 0.1) is 34.6 Å². The number of thioether (sulfide) groups is 1. The number of nitriles is 1. The average molecular weight is 577 g/mol. The van der Waals surface area contributed by atoms with Gasteiger partial charge in [0.15, 0.2) is 10.1 Å². The van der Waals surface area contributed by atoms with Gasteiger partial charge in [0, 0.05) is 17.7 Å². The Morgan fingerprint density at radius 3 is 2.67 bits per heavy atom. The number of carboxylic acid groups (broad SMARTS) is 1. The van der Waals surface area contributed by atoms with Crippen molar-refractivity contribution in [1.29, 1.82) is 5.26 Å². The van der Waals surface area contributed by atoms with E-state index in [-0.39, 0.29) is 34.2 Å². The summed E-state index contributed by atoms with van der Waals surface area (Å²) in [4.78, 5) is 38.7. The Labute approximate surface area is 236 Å². The van der Waals surface area contributed by atoms with Gasteiger partial charge < -0.3 is 16.2 Å². The van der Waals surface area contributed by atoms with Gasteiger partial charge in [-0.05, 0) is 42.7 Å². The van der Waals surface area contributed by atoms with E-state index in [1.807, 2.05) is 0 Å². The van der Waals surface area contributed by atoms with E-state index in [0.29, 0.717) is 45.6 Å². The van der Waals surface area contributed by atoms with Crippen molar-refractivity contribution in [3.8, 4) is 6.07 Å². The molecule has 1 aliphatic heterocycles. The number of anilines is 2. The smallest absolute Gasteiger partial charge is 0.337 e. The molecule has 1 unspecified atom stereocenters. The second-order valence-electron chi connectivity index (χ2n) is 8.91. The summed E-state index contributed by atoms with van der Waals surface area (Å²) in [6.45, 7) is 0. The lowest BCUT2D eigenvalue weighted by molar-refractivity contribution is -0.116. The molecule has 10 nitrogen and oxygen atoms in total. The van der Waals surface area contributed by atoms with Crippen molar-refractivity contribution in [2.24, 2.45) is 5.73 Å². The van der Waals surface area contributed by atoms with Gasteiger partial charge in [0.25, 0.3) is 0 Å². The van der Waals surface area contributed by atoms with E-state index in [4.69, 9.17) is 5.73 Å². The SMILES string of the molecule is N#CC1=C(N)N(c2nnc(SCC(=O)Nc3ccccc3C(=O)O)s2)C2=C(C(=O)CCC2)C1c1ccc(F)cc1. The standard InChI is InChI=1S/C27H21FN6O4S2/c28-15-10-8-14(9-11-15)22-17(12-29)24(30)34(19-6-3-7-20(35)23(19)22)26-32-33-27(40-26)39-13-21(36)31-18-5-2-1-4-16(18)25(37)38/h1-2,4-5,8-11,22H,3,6-7,13,30H2,(H,31,36)(H,37,38). The predicted octanol–water partition coefficient (Wildman–Crippen LogP) is 4.41. The number of nitrogens with one attached hydrogen (secondary N) is 1. The van der Waals surface area contributed by atoms with Gasteiger partial charge in [-0.25, -0.2) is 9.18 Å². The van der Waals surface area contributed by atoms with Crippen LogP contribution in [-0.2, 0) is 9.59 Å². The summed E-state index contributed by atoms with van der Waals surface area (Å²) in [5, 5.41) is 30.7. The van der Waals surface area contributed by atoms with E-state index in [9.17, 15) is 29.1 Å². The number of allylic oxidation sites excluding steroid dienone is 3. The maximum Gasteiger partial charge on any atom is 0.337 e. The molecule has 3 aromatic rings. The summed E-state index contributed by atoms with van der Waals surface area (Å²) in [5.41, 5.74) is 8.48. The number of rotatable bonds is 7. The van der Waals surface area contributed by atoms with E-state index < -0.39 is 23.6 Å². The lowest BCUT2D eigenvalue weighted by Crippen LogP contribution is -2.38. The molecule has 1 aliphatic carbocycles. The zero-order valence-electron chi connectivity index (χ0n) is 20.8. The predicted molar refractivity (Wildman–Crippen MR) is 147 cm³/mol. The van der Waals surface area contributed by atoms with Crippen molar-refractivity contribution in [2.45, 2.75) is 29.5 Å². The van der Waals surface area contributed by atoms with E-state index in [1.165, 1.54) is 24.3 Å². The molecule has 1 amide bonds. The van der Waals surface area contributed by atoms with Crippen molar-refractivity contribution in [2.75, 3.05) is 16.0 Å². The maximum absolute atomic E-state index is 13.6. The minimum Gasteiger partial charge on any atom is -0.478 e. The highest BCUT2D eigenvalue weighted by Gasteiger charge is 2.41. The van der Waals surface area contributed by atoms with Crippen LogP contribution in [0.15, 0.2) is 75.5 Å². The minimum atomic E-state index is -1.15. The number of carbonyl (C=O) groups is 3. The number of ketones is 1. The Hall–Kier alpha value is -4.54. The normalized spacial score (nSPS) is 16.9. The number of para-hydroxylation sites is 1. The topological polar surface area (TPSA) is 162 Å².